The first-order valence-corrected chi connectivity index (χ1v) is 6.44. The Morgan fingerprint density at radius 3 is 2.85 bits per heavy atom. The van der Waals surface area contributed by atoms with Gasteiger partial charge in [-0.3, -0.25) is 4.98 Å². The Morgan fingerprint density at radius 1 is 1.35 bits per heavy atom. The highest BCUT2D eigenvalue weighted by atomic mass is 16.5. The van der Waals surface area contributed by atoms with Gasteiger partial charge in [-0.2, -0.15) is 0 Å². The summed E-state index contributed by atoms with van der Waals surface area (Å²) in [5.41, 5.74) is 2.66. The number of carbonyl (C=O) groups is 1. The molecule has 0 saturated carbocycles. The zero-order valence-electron chi connectivity index (χ0n) is 11.8. The molecule has 4 heteroatoms. The van der Waals surface area contributed by atoms with Crippen LogP contribution in [0, 0.1) is 6.92 Å². The largest absolute Gasteiger partial charge is 0.497 e. The summed E-state index contributed by atoms with van der Waals surface area (Å²) in [4.78, 5) is 15.9. The van der Waals surface area contributed by atoms with Crippen molar-refractivity contribution in [3.63, 3.8) is 0 Å². The Balaban J connectivity index is 2.44. The van der Waals surface area contributed by atoms with Gasteiger partial charge in [0.15, 0.2) is 0 Å². The number of fused-ring (bicyclic) bond motifs is 1. The number of benzene rings is 1. The third kappa shape index (κ3) is 3.15. The van der Waals surface area contributed by atoms with E-state index in [0.29, 0.717) is 6.61 Å². The highest BCUT2D eigenvalue weighted by Crippen LogP contribution is 2.24. The number of hydrogen-bond acceptors (Lipinski definition) is 4. The number of pyridine rings is 1. The van der Waals surface area contributed by atoms with Gasteiger partial charge in [0.1, 0.15) is 5.75 Å². The van der Waals surface area contributed by atoms with E-state index < -0.39 is 0 Å². The third-order valence-electron chi connectivity index (χ3n) is 2.86. The number of hydrogen-bond donors (Lipinski definition) is 0. The maximum atomic E-state index is 11.4. The molecule has 1 aromatic heterocycles. The first kappa shape index (κ1) is 14.1. The standard InChI is InChI=1S/C16H17NO3/c1-4-20-16(18)8-5-12-9-11(2)17-15-10-13(19-3)6-7-14(12)15/h5-10H,4H2,1-3H3/b8-5+. The van der Waals surface area contributed by atoms with Crippen LogP contribution in [0.5, 0.6) is 5.75 Å². The number of carbonyl (C=O) groups excluding carboxylic acids is 1. The molecule has 0 radical (unpaired) electrons. The number of methoxy groups -OCH3 is 1. The predicted octanol–water partition coefficient (Wildman–Crippen LogP) is 3.13. The summed E-state index contributed by atoms with van der Waals surface area (Å²) < 4.78 is 10.1. The molecule has 2 rings (SSSR count). The maximum absolute atomic E-state index is 11.4. The smallest absolute Gasteiger partial charge is 0.330 e. The van der Waals surface area contributed by atoms with Crippen molar-refractivity contribution in [2.24, 2.45) is 0 Å². The third-order valence-corrected chi connectivity index (χ3v) is 2.86. The van der Waals surface area contributed by atoms with E-state index in [2.05, 4.69) is 4.98 Å². The predicted molar refractivity (Wildman–Crippen MR) is 78.7 cm³/mol. The lowest BCUT2D eigenvalue weighted by Gasteiger charge is -2.06. The number of rotatable bonds is 4. The molecule has 0 bridgehead atoms. The van der Waals surface area contributed by atoms with Gasteiger partial charge in [0.05, 0.1) is 19.2 Å². The first-order chi connectivity index (χ1) is 9.63. The van der Waals surface area contributed by atoms with Crippen molar-refractivity contribution in [1.29, 1.82) is 0 Å². The highest BCUT2D eigenvalue weighted by molar-refractivity contribution is 5.94. The topological polar surface area (TPSA) is 48.4 Å². The molecule has 0 saturated heterocycles. The average Bonchev–Trinajstić information content (AvgIpc) is 2.44. The molecule has 0 unspecified atom stereocenters. The summed E-state index contributed by atoms with van der Waals surface area (Å²) in [5.74, 6) is 0.416. The van der Waals surface area contributed by atoms with Gasteiger partial charge in [0.25, 0.3) is 0 Å². The van der Waals surface area contributed by atoms with Crippen LogP contribution in [0.1, 0.15) is 18.2 Å². The van der Waals surface area contributed by atoms with E-state index in [4.69, 9.17) is 9.47 Å². The van der Waals surface area contributed by atoms with E-state index >= 15 is 0 Å². The monoisotopic (exact) mass is 271 g/mol. The summed E-state index contributed by atoms with van der Waals surface area (Å²) in [6.45, 7) is 4.07. The van der Waals surface area contributed by atoms with Crippen LogP contribution in [0.2, 0.25) is 0 Å². The SMILES string of the molecule is CCOC(=O)/C=C/c1cc(C)nc2cc(OC)ccc12. The quantitative estimate of drug-likeness (QED) is 0.633. The Kier molecular flexibility index (Phi) is 4.35. The van der Waals surface area contributed by atoms with Crippen LogP contribution in [0.25, 0.3) is 17.0 Å². The summed E-state index contributed by atoms with van der Waals surface area (Å²) in [7, 11) is 1.62. The van der Waals surface area contributed by atoms with Gasteiger partial charge in [0.2, 0.25) is 0 Å². The van der Waals surface area contributed by atoms with Gasteiger partial charge in [0, 0.05) is 23.2 Å². The fourth-order valence-electron chi connectivity index (χ4n) is 1.99. The molecule has 0 fully saturated rings. The van der Waals surface area contributed by atoms with Crippen LogP contribution >= 0.6 is 0 Å². The van der Waals surface area contributed by atoms with Gasteiger partial charge in [-0.15, -0.1) is 0 Å². The van der Waals surface area contributed by atoms with E-state index in [9.17, 15) is 4.79 Å². The Bertz CT molecular complexity index is 662. The molecule has 0 spiro atoms. The van der Waals surface area contributed by atoms with Crippen molar-refractivity contribution < 1.29 is 14.3 Å². The minimum Gasteiger partial charge on any atom is -0.497 e. The van der Waals surface area contributed by atoms with E-state index in [-0.39, 0.29) is 5.97 Å². The molecule has 0 aliphatic rings. The molecule has 0 aliphatic carbocycles. The lowest BCUT2D eigenvalue weighted by atomic mass is 10.1. The van der Waals surface area contributed by atoms with Gasteiger partial charge >= 0.3 is 5.97 Å². The molecule has 0 atom stereocenters. The summed E-state index contributed by atoms with van der Waals surface area (Å²) in [6.07, 6.45) is 3.18. The Hall–Kier alpha value is -2.36. The van der Waals surface area contributed by atoms with Crippen LogP contribution in [0.3, 0.4) is 0 Å². The highest BCUT2D eigenvalue weighted by Gasteiger charge is 2.04. The van der Waals surface area contributed by atoms with Crippen LogP contribution in [-0.2, 0) is 9.53 Å². The summed E-state index contributed by atoms with van der Waals surface area (Å²) in [6, 6.07) is 7.63. The van der Waals surface area contributed by atoms with Crippen LogP contribution in [-0.4, -0.2) is 24.7 Å². The molecule has 0 amide bonds. The number of aryl methyl sites for hydroxylation is 1. The first-order valence-electron chi connectivity index (χ1n) is 6.44. The molecule has 4 nitrogen and oxygen atoms in total. The van der Waals surface area contributed by atoms with E-state index in [1.165, 1.54) is 6.08 Å². The van der Waals surface area contributed by atoms with Crippen molar-refractivity contribution in [3.05, 3.63) is 41.6 Å². The van der Waals surface area contributed by atoms with Crippen LogP contribution in [0.15, 0.2) is 30.3 Å². The van der Waals surface area contributed by atoms with Crippen molar-refractivity contribution in [3.8, 4) is 5.75 Å². The van der Waals surface area contributed by atoms with Crippen LogP contribution < -0.4 is 4.74 Å². The molecular formula is C16H17NO3. The van der Waals surface area contributed by atoms with Crippen LogP contribution in [0.4, 0.5) is 0 Å². The molecule has 20 heavy (non-hydrogen) atoms. The molecule has 0 aliphatic heterocycles. The lowest BCUT2D eigenvalue weighted by Crippen LogP contribution is -1.98. The molecule has 1 heterocycles. The second kappa shape index (κ2) is 6.19. The van der Waals surface area contributed by atoms with Gasteiger partial charge in [-0.1, -0.05) is 0 Å². The van der Waals surface area contributed by atoms with Gasteiger partial charge in [-0.25, -0.2) is 4.79 Å². The fourth-order valence-corrected chi connectivity index (χ4v) is 1.99. The molecule has 104 valence electrons. The summed E-state index contributed by atoms with van der Waals surface area (Å²) in [5, 5.41) is 0.969. The fraction of sp³-hybridized carbons (Fsp3) is 0.250. The van der Waals surface area contributed by atoms with Crippen molar-refractivity contribution in [1.82, 2.24) is 4.98 Å². The minimum atomic E-state index is -0.344. The second-order valence-corrected chi connectivity index (χ2v) is 4.32. The molecular weight excluding hydrogens is 254 g/mol. The second-order valence-electron chi connectivity index (χ2n) is 4.32. The Morgan fingerprint density at radius 2 is 2.15 bits per heavy atom. The zero-order valence-corrected chi connectivity index (χ0v) is 11.8. The average molecular weight is 271 g/mol. The van der Waals surface area contributed by atoms with E-state index in [1.54, 1.807) is 20.1 Å². The van der Waals surface area contributed by atoms with Gasteiger partial charge in [-0.05, 0) is 43.7 Å². The molecule has 1 aromatic carbocycles. The van der Waals surface area contributed by atoms with E-state index in [1.807, 2.05) is 31.2 Å². The minimum absolute atomic E-state index is 0.344. The zero-order chi connectivity index (χ0) is 14.5. The Labute approximate surface area is 118 Å². The van der Waals surface area contributed by atoms with E-state index in [0.717, 1.165) is 27.9 Å². The number of ether oxygens (including phenoxy) is 2. The normalized spacial score (nSPS) is 10.9. The number of esters is 1. The van der Waals surface area contributed by atoms with Crippen molar-refractivity contribution in [2.45, 2.75) is 13.8 Å². The number of nitrogens with zero attached hydrogens (tertiary/aromatic N) is 1. The van der Waals surface area contributed by atoms with Crippen molar-refractivity contribution >= 4 is 22.9 Å². The van der Waals surface area contributed by atoms with Crippen molar-refractivity contribution in [2.75, 3.05) is 13.7 Å². The van der Waals surface area contributed by atoms with Gasteiger partial charge < -0.3 is 9.47 Å². The maximum Gasteiger partial charge on any atom is 0.330 e. The number of aromatic nitrogens is 1. The summed E-state index contributed by atoms with van der Waals surface area (Å²) >= 11 is 0. The molecule has 2 aromatic rings. The molecule has 0 N–H and O–H groups in total. The lowest BCUT2D eigenvalue weighted by molar-refractivity contribution is -0.137.